The summed E-state index contributed by atoms with van der Waals surface area (Å²) in [4.78, 5) is 65.2. The van der Waals surface area contributed by atoms with Crippen LogP contribution in [0.1, 0.15) is 27.5 Å². The van der Waals surface area contributed by atoms with Gasteiger partial charge in [-0.15, -0.1) is 0 Å². The summed E-state index contributed by atoms with van der Waals surface area (Å²) in [6, 6.07) is 6.95. The van der Waals surface area contributed by atoms with Gasteiger partial charge in [0.25, 0.3) is 10.2 Å². The number of piperazine rings is 1. The van der Waals surface area contributed by atoms with Gasteiger partial charge in [-0.3, -0.25) is 24.0 Å². The van der Waals surface area contributed by atoms with Gasteiger partial charge in [0, 0.05) is 26.2 Å². The molecule has 43 heavy (non-hydrogen) atoms. The molecule has 17 nitrogen and oxygen atoms in total. The number of fused-ring (bicyclic) bond motifs is 1. The zero-order valence-corrected chi connectivity index (χ0v) is 23.2. The zero-order chi connectivity index (χ0) is 31.5. The number of para-hydroxylation sites is 1. The number of benzene rings is 2. The molecule has 0 bridgehead atoms. The molecule has 2 aliphatic rings. The molecule has 2 atom stereocenters. The minimum absolute atomic E-state index is 0.0170. The molecule has 0 spiro atoms. The lowest BCUT2D eigenvalue weighted by Crippen LogP contribution is -2.60. The molecule has 1 fully saturated rings. The Morgan fingerprint density at radius 3 is 2.51 bits per heavy atom. The number of carbonyl (C=O) groups excluding carboxylic acids is 4. The molecule has 0 saturated carbocycles. The first-order valence-electron chi connectivity index (χ1n) is 12.8. The number of nitrogens with zero attached hydrogens (tertiary/aromatic N) is 2. The van der Waals surface area contributed by atoms with Crippen molar-refractivity contribution >= 4 is 52.7 Å². The third kappa shape index (κ3) is 7.20. The molecule has 0 radical (unpaired) electrons. The maximum Gasteiger partial charge on any atom is 0.547 e. The molecule has 4 rings (SSSR count). The predicted molar refractivity (Wildman–Crippen MR) is 149 cm³/mol. The minimum Gasteiger partial charge on any atom is -0.534 e. The standard InChI is InChI=1S/C24H28BN7O10S/c26-7-8-31-9-10-32(22(35)21(31)34)24(38)29-18(13-3-1-5-15(11-13)30-43(27,40)41)20(33)28-17-12-14-4-2-6-16(23(36)37)19(14)42-25(17)39/h1-6,11,17-18,30,39H,7-10,12,26H2,(H,28,33)(H,29,38)(H,36,37)(H2,27,40,41)/t17-,18-/m0/s1. The van der Waals surface area contributed by atoms with Crippen molar-refractivity contribution in [1.29, 1.82) is 0 Å². The number of amides is 5. The van der Waals surface area contributed by atoms with E-state index in [2.05, 4.69) is 10.6 Å². The Bertz CT molecular complexity index is 1570. The highest BCUT2D eigenvalue weighted by Gasteiger charge is 2.41. The number of nitrogens with one attached hydrogen (secondary N) is 3. The summed E-state index contributed by atoms with van der Waals surface area (Å²) in [7, 11) is -5.89. The van der Waals surface area contributed by atoms with Crippen molar-refractivity contribution in [2.45, 2.75) is 18.4 Å². The first-order valence-corrected chi connectivity index (χ1v) is 14.4. The molecule has 2 heterocycles. The highest BCUT2D eigenvalue weighted by Crippen LogP contribution is 2.30. The molecule has 2 aromatic rings. The highest BCUT2D eigenvalue weighted by atomic mass is 32.2. The van der Waals surface area contributed by atoms with Crippen LogP contribution in [0.15, 0.2) is 42.5 Å². The lowest BCUT2D eigenvalue weighted by molar-refractivity contribution is -0.153. The number of hydrogen-bond donors (Lipinski definition) is 7. The second-order valence-electron chi connectivity index (χ2n) is 9.62. The molecule has 1 saturated heterocycles. The van der Waals surface area contributed by atoms with Gasteiger partial charge in [-0.1, -0.05) is 24.3 Å². The average Bonchev–Trinajstić information content (AvgIpc) is 2.93. The van der Waals surface area contributed by atoms with Crippen molar-refractivity contribution in [3.8, 4) is 5.75 Å². The zero-order valence-electron chi connectivity index (χ0n) is 22.4. The van der Waals surface area contributed by atoms with E-state index in [1.807, 2.05) is 4.72 Å². The van der Waals surface area contributed by atoms with Gasteiger partial charge in [0.15, 0.2) is 0 Å². The molecule has 0 unspecified atom stereocenters. The van der Waals surface area contributed by atoms with Gasteiger partial charge in [0.05, 0.1) is 17.2 Å². The number of urea groups is 1. The number of nitrogens with two attached hydrogens (primary N) is 2. The van der Waals surface area contributed by atoms with Gasteiger partial charge >= 0.3 is 30.9 Å². The summed E-state index contributed by atoms with van der Waals surface area (Å²) in [5, 5.41) is 30.0. The van der Waals surface area contributed by atoms with E-state index >= 15 is 0 Å². The predicted octanol–water partition coefficient (Wildman–Crippen LogP) is -2.48. The molecule has 2 aliphatic heterocycles. The van der Waals surface area contributed by atoms with E-state index in [9.17, 15) is 42.5 Å². The number of rotatable bonds is 9. The van der Waals surface area contributed by atoms with E-state index in [0.717, 1.165) is 0 Å². The molecule has 228 valence electrons. The quantitative estimate of drug-likeness (QED) is 0.114. The van der Waals surface area contributed by atoms with Crippen LogP contribution in [-0.2, 0) is 31.0 Å². The van der Waals surface area contributed by atoms with Crippen molar-refractivity contribution in [2.24, 2.45) is 10.9 Å². The smallest absolute Gasteiger partial charge is 0.534 e. The molecule has 2 aromatic carbocycles. The van der Waals surface area contributed by atoms with Crippen LogP contribution >= 0.6 is 0 Å². The Kier molecular flexibility index (Phi) is 9.19. The third-order valence-corrected chi connectivity index (χ3v) is 7.16. The van der Waals surface area contributed by atoms with E-state index in [4.69, 9.17) is 15.5 Å². The van der Waals surface area contributed by atoms with E-state index in [0.29, 0.717) is 10.5 Å². The molecule has 0 aliphatic carbocycles. The van der Waals surface area contributed by atoms with Gasteiger partial charge < -0.3 is 36.1 Å². The van der Waals surface area contributed by atoms with Crippen LogP contribution in [0.3, 0.4) is 0 Å². The van der Waals surface area contributed by atoms with E-state index < -0.39 is 59.0 Å². The summed E-state index contributed by atoms with van der Waals surface area (Å²) in [5.41, 5.74) is 5.65. The second kappa shape index (κ2) is 12.7. The Morgan fingerprint density at radius 2 is 1.84 bits per heavy atom. The minimum atomic E-state index is -4.20. The fourth-order valence-corrected chi connectivity index (χ4v) is 5.12. The van der Waals surface area contributed by atoms with Crippen molar-refractivity contribution < 1.29 is 47.2 Å². The molecule has 0 aromatic heterocycles. The SMILES string of the molecule is NCCN1CCN(C(=O)N[C@H](C(=O)N[C@H]2Cc3cccc(C(=O)O)c3OB2O)c2cccc(NS(N)(=O)=O)c2)C(=O)C1=O. The molecule has 19 heteroatoms. The van der Waals surface area contributed by atoms with E-state index in [1.165, 1.54) is 41.3 Å². The molecule has 9 N–H and O–H groups in total. The number of anilines is 1. The van der Waals surface area contributed by atoms with Crippen LogP contribution in [0.25, 0.3) is 0 Å². The van der Waals surface area contributed by atoms with E-state index in [-0.39, 0.29) is 55.2 Å². The van der Waals surface area contributed by atoms with Crippen molar-refractivity contribution in [3.05, 3.63) is 59.2 Å². The fraction of sp³-hybridized carbons (Fsp3) is 0.292. The second-order valence-corrected chi connectivity index (χ2v) is 10.9. The third-order valence-electron chi connectivity index (χ3n) is 6.64. The summed E-state index contributed by atoms with van der Waals surface area (Å²) in [6.07, 6.45) is -0.0485. The molecular weight excluding hydrogens is 589 g/mol. The van der Waals surface area contributed by atoms with Crippen LogP contribution < -0.4 is 30.9 Å². The Hall–Kier alpha value is -4.72. The van der Waals surface area contributed by atoms with Gasteiger partial charge in [-0.25, -0.2) is 14.7 Å². The van der Waals surface area contributed by atoms with Gasteiger partial charge in [0.1, 0.15) is 11.8 Å². The molecule has 5 amide bonds. The lowest BCUT2D eigenvalue weighted by Gasteiger charge is -2.33. The first kappa shape index (κ1) is 31.2. The van der Waals surface area contributed by atoms with Gasteiger partial charge in [-0.05, 0) is 35.7 Å². The highest BCUT2D eigenvalue weighted by molar-refractivity contribution is 7.90. The van der Waals surface area contributed by atoms with Crippen molar-refractivity contribution in [3.63, 3.8) is 0 Å². The summed E-state index contributed by atoms with van der Waals surface area (Å²) in [6.45, 7) is 0.0474. The number of carbonyl (C=O) groups is 5. The number of hydrogen-bond acceptors (Lipinski definition) is 10. The van der Waals surface area contributed by atoms with Crippen molar-refractivity contribution in [2.75, 3.05) is 30.9 Å². The normalized spacial score (nSPS) is 17.5. The van der Waals surface area contributed by atoms with Crippen LogP contribution in [0.4, 0.5) is 10.5 Å². The number of aromatic carboxylic acids is 1. The first-order chi connectivity index (χ1) is 20.3. The fourth-order valence-electron chi connectivity index (χ4n) is 4.67. The summed E-state index contributed by atoms with van der Waals surface area (Å²) >= 11 is 0. The number of imide groups is 1. The monoisotopic (exact) mass is 617 g/mol. The Balaban J connectivity index is 1.60. The van der Waals surface area contributed by atoms with Crippen LogP contribution in [-0.4, -0.2) is 97.3 Å². The topological polar surface area (TPSA) is 264 Å². The van der Waals surface area contributed by atoms with Crippen LogP contribution in [0.5, 0.6) is 5.75 Å². The van der Waals surface area contributed by atoms with E-state index in [1.54, 1.807) is 6.07 Å². The van der Waals surface area contributed by atoms with Crippen LogP contribution in [0.2, 0.25) is 0 Å². The number of carboxylic acid groups (broad SMARTS) is 1. The van der Waals surface area contributed by atoms with Crippen molar-refractivity contribution in [1.82, 2.24) is 20.4 Å². The summed E-state index contributed by atoms with van der Waals surface area (Å²) < 4.78 is 30.6. The largest absolute Gasteiger partial charge is 0.547 e. The Morgan fingerprint density at radius 1 is 1.12 bits per heavy atom. The van der Waals surface area contributed by atoms with Gasteiger partial charge in [0.2, 0.25) is 5.91 Å². The van der Waals surface area contributed by atoms with Crippen LogP contribution in [0, 0.1) is 0 Å². The number of carboxylic acids is 1. The summed E-state index contributed by atoms with van der Waals surface area (Å²) in [5.74, 6) is -5.45. The Labute approximate surface area is 245 Å². The maximum atomic E-state index is 13.6. The van der Waals surface area contributed by atoms with Gasteiger partial charge in [-0.2, -0.15) is 8.42 Å². The average molecular weight is 617 g/mol. The maximum absolute atomic E-state index is 13.6. The molecular formula is C24H28BN7O10S. The lowest BCUT2D eigenvalue weighted by atomic mass is 9.72.